The van der Waals surface area contributed by atoms with Crippen molar-refractivity contribution >= 4 is 23.4 Å². The van der Waals surface area contributed by atoms with E-state index in [-0.39, 0.29) is 18.3 Å². The summed E-state index contributed by atoms with van der Waals surface area (Å²) in [6.45, 7) is 6.31. The van der Waals surface area contributed by atoms with Crippen LogP contribution < -0.4 is 14.8 Å². The van der Waals surface area contributed by atoms with E-state index in [0.29, 0.717) is 22.5 Å². The molecular formula is C22H26N4O3S. The quantitative estimate of drug-likeness (QED) is 0.548. The van der Waals surface area contributed by atoms with Crippen molar-refractivity contribution in [2.45, 2.75) is 32.5 Å². The van der Waals surface area contributed by atoms with Gasteiger partial charge in [-0.3, -0.25) is 4.79 Å². The molecule has 1 amide bonds. The molecule has 0 aliphatic carbocycles. The highest BCUT2D eigenvalue weighted by molar-refractivity contribution is 7.99. The van der Waals surface area contributed by atoms with Crippen LogP contribution in [-0.2, 0) is 18.4 Å². The van der Waals surface area contributed by atoms with Gasteiger partial charge in [0.15, 0.2) is 22.5 Å². The fraction of sp³-hybridized carbons (Fsp3) is 0.318. The Hall–Kier alpha value is -3.00. The first-order valence-corrected chi connectivity index (χ1v) is 10.5. The Morgan fingerprint density at radius 2 is 1.87 bits per heavy atom. The van der Waals surface area contributed by atoms with E-state index in [1.165, 1.54) is 17.3 Å². The number of benzene rings is 2. The monoisotopic (exact) mass is 426 g/mol. The molecule has 7 nitrogen and oxygen atoms in total. The predicted octanol–water partition coefficient (Wildman–Crippen LogP) is 4.06. The maximum atomic E-state index is 12.3. The van der Waals surface area contributed by atoms with Crippen molar-refractivity contribution in [3.05, 3.63) is 58.9 Å². The molecule has 1 heterocycles. The largest absolute Gasteiger partial charge is 0.493 e. The number of carbonyl (C=O) groups is 1. The molecule has 3 rings (SSSR count). The summed E-state index contributed by atoms with van der Waals surface area (Å²) in [7, 11) is 3.47. The fourth-order valence-electron chi connectivity index (χ4n) is 2.78. The topological polar surface area (TPSA) is 78.3 Å². The molecular weight excluding hydrogens is 400 g/mol. The predicted molar refractivity (Wildman–Crippen MR) is 118 cm³/mol. The number of nitrogens with one attached hydrogen (secondary N) is 1. The molecule has 0 unspecified atom stereocenters. The van der Waals surface area contributed by atoms with Crippen molar-refractivity contribution in [3.8, 4) is 11.5 Å². The molecule has 3 aromatic rings. The number of rotatable bonds is 8. The molecule has 0 aliphatic rings. The molecule has 0 saturated heterocycles. The van der Waals surface area contributed by atoms with Gasteiger partial charge in [0.05, 0.1) is 12.9 Å². The van der Waals surface area contributed by atoms with Crippen molar-refractivity contribution in [3.63, 3.8) is 0 Å². The van der Waals surface area contributed by atoms with Crippen LogP contribution in [0.5, 0.6) is 11.5 Å². The maximum absolute atomic E-state index is 12.3. The summed E-state index contributed by atoms with van der Waals surface area (Å²) in [5.74, 6) is 2.14. The van der Waals surface area contributed by atoms with E-state index in [9.17, 15) is 4.79 Å². The summed E-state index contributed by atoms with van der Waals surface area (Å²) >= 11 is 1.33. The van der Waals surface area contributed by atoms with Gasteiger partial charge in [0.2, 0.25) is 5.91 Å². The number of hydrogen-bond acceptors (Lipinski definition) is 6. The number of aromatic nitrogens is 3. The van der Waals surface area contributed by atoms with Crippen LogP contribution in [-0.4, -0.2) is 33.5 Å². The minimum atomic E-state index is -0.0894. The van der Waals surface area contributed by atoms with Crippen LogP contribution in [0.1, 0.15) is 22.5 Å². The second-order valence-electron chi connectivity index (χ2n) is 7.04. The zero-order chi connectivity index (χ0) is 21.7. The second kappa shape index (κ2) is 9.67. The van der Waals surface area contributed by atoms with Gasteiger partial charge in [0.1, 0.15) is 6.61 Å². The summed E-state index contributed by atoms with van der Waals surface area (Å²) in [6.07, 6.45) is 0. The number of anilines is 1. The van der Waals surface area contributed by atoms with Crippen LogP contribution in [0.2, 0.25) is 0 Å². The molecule has 0 saturated carbocycles. The van der Waals surface area contributed by atoms with Gasteiger partial charge in [-0.05, 0) is 61.7 Å². The Morgan fingerprint density at radius 1 is 1.07 bits per heavy atom. The number of thioether (sulfide) groups is 1. The van der Waals surface area contributed by atoms with Gasteiger partial charge in [-0.15, -0.1) is 10.2 Å². The Kier molecular flexibility index (Phi) is 6.99. The van der Waals surface area contributed by atoms with E-state index in [4.69, 9.17) is 9.47 Å². The van der Waals surface area contributed by atoms with Gasteiger partial charge in [-0.2, -0.15) is 0 Å². The van der Waals surface area contributed by atoms with Crippen molar-refractivity contribution < 1.29 is 14.3 Å². The summed E-state index contributed by atoms with van der Waals surface area (Å²) < 4.78 is 13.0. The number of ether oxygens (including phenoxy) is 2. The van der Waals surface area contributed by atoms with Crippen LogP contribution in [0.4, 0.5) is 5.69 Å². The zero-order valence-corrected chi connectivity index (χ0v) is 18.7. The first-order chi connectivity index (χ1) is 14.4. The molecule has 0 fully saturated rings. The highest BCUT2D eigenvalue weighted by Gasteiger charge is 2.13. The molecule has 1 aromatic heterocycles. The maximum Gasteiger partial charge on any atom is 0.234 e. The third kappa shape index (κ3) is 5.33. The first-order valence-electron chi connectivity index (χ1n) is 9.53. The van der Waals surface area contributed by atoms with Crippen LogP contribution in [0.15, 0.2) is 41.6 Å². The molecule has 0 aliphatic heterocycles. The number of carbonyl (C=O) groups excluding carboxylic acids is 1. The van der Waals surface area contributed by atoms with E-state index in [2.05, 4.69) is 15.5 Å². The van der Waals surface area contributed by atoms with E-state index >= 15 is 0 Å². The Morgan fingerprint density at radius 3 is 2.60 bits per heavy atom. The normalized spacial score (nSPS) is 10.7. The number of aryl methyl sites for hydroxylation is 3. The molecule has 0 atom stereocenters. The fourth-order valence-corrected chi connectivity index (χ4v) is 3.51. The van der Waals surface area contributed by atoms with Gasteiger partial charge in [-0.1, -0.05) is 23.9 Å². The van der Waals surface area contributed by atoms with Gasteiger partial charge in [0, 0.05) is 12.7 Å². The van der Waals surface area contributed by atoms with Crippen molar-refractivity contribution in [1.29, 1.82) is 0 Å². The standard InChI is InChI=1S/C22H26N4O3S/c1-14-6-9-18(19(10-14)28-5)29-12-20-24-25-22(26(20)4)30-13-21(27)23-17-8-7-15(2)16(3)11-17/h6-11H,12-13H2,1-5H3,(H,23,27). The molecule has 2 aromatic carbocycles. The summed E-state index contributed by atoms with van der Waals surface area (Å²) in [5.41, 5.74) is 4.22. The molecule has 30 heavy (non-hydrogen) atoms. The van der Waals surface area contributed by atoms with Crippen molar-refractivity contribution in [2.75, 3.05) is 18.2 Å². The molecule has 0 bridgehead atoms. The second-order valence-corrected chi connectivity index (χ2v) is 7.98. The minimum Gasteiger partial charge on any atom is -0.493 e. The van der Waals surface area contributed by atoms with Crippen LogP contribution in [0.3, 0.4) is 0 Å². The van der Waals surface area contributed by atoms with E-state index < -0.39 is 0 Å². The Balaban J connectivity index is 1.56. The lowest BCUT2D eigenvalue weighted by atomic mass is 10.1. The van der Waals surface area contributed by atoms with E-state index in [1.807, 2.05) is 68.8 Å². The van der Waals surface area contributed by atoms with Crippen LogP contribution >= 0.6 is 11.8 Å². The smallest absolute Gasteiger partial charge is 0.234 e. The first kappa shape index (κ1) is 21.7. The zero-order valence-electron chi connectivity index (χ0n) is 17.9. The lowest BCUT2D eigenvalue weighted by Crippen LogP contribution is -2.14. The van der Waals surface area contributed by atoms with Gasteiger partial charge < -0.3 is 19.4 Å². The van der Waals surface area contributed by atoms with Crippen molar-refractivity contribution in [1.82, 2.24) is 14.8 Å². The van der Waals surface area contributed by atoms with Crippen molar-refractivity contribution in [2.24, 2.45) is 7.05 Å². The van der Waals surface area contributed by atoms with E-state index in [1.54, 1.807) is 7.11 Å². The van der Waals surface area contributed by atoms with Gasteiger partial charge in [-0.25, -0.2) is 0 Å². The van der Waals surface area contributed by atoms with E-state index in [0.717, 1.165) is 16.8 Å². The number of methoxy groups -OCH3 is 1. The summed E-state index contributed by atoms with van der Waals surface area (Å²) in [4.78, 5) is 12.3. The molecule has 0 spiro atoms. The highest BCUT2D eigenvalue weighted by Crippen LogP contribution is 2.28. The third-order valence-electron chi connectivity index (χ3n) is 4.72. The highest BCUT2D eigenvalue weighted by atomic mass is 32.2. The Labute approximate surface area is 180 Å². The number of amides is 1. The molecule has 8 heteroatoms. The molecule has 0 radical (unpaired) electrons. The lowest BCUT2D eigenvalue weighted by Gasteiger charge is -2.11. The molecule has 1 N–H and O–H groups in total. The minimum absolute atomic E-state index is 0.0894. The third-order valence-corrected chi connectivity index (χ3v) is 5.74. The molecule has 158 valence electrons. The Bertz CT molecular complexity index is 1050. The number of hydrogen-bond donors (Lipinski definition) is 1. The average Bonchev–Trinajstić information content (AvgIpc) is 3.07. The SMILES string of the molecule is COc1cc(C)ccc1OCc1nnc(SCC(=O)Nc2ccc(C)c(C)c2)n1C. The van der Waals surface area contributed by atoms with Crippen LogP contribution in [0.25, 0.3) is 0 Å². The number of nitrogens with zero attached hydrogens (tertiary/aromatic N) is 3. The van der Waals surface area contributed by atoms with Gasteiger partial charge >= 0.3 is 0 Å². The van der Waals surface area contributed by atoms with Gasteiger partial charge in [0.25, 0.3) is 0 Å². The average molecular weight is 427 g/mol. The summed E-state index contributed by atoms with van der Waals surface area (Å²) in [5, 5.41) is 11.9. The lowest BCUT2D eigenvalue weighted by molar-refractivity contribution is -0.113. The van der Waals surface area contributed by atoms with Crippen LogP contribution in [0, 0.1) is 20.8 Å². The summed E-state index contributed by atoms with van der Waals surface area (Å²) in [6, 6.07) is 11.6.